The van der Waals surface area contributed by atoms with Crippen LogP contribution >= 0.6 is 0 Å². The third-order valence-corrected chi connectivity index (χ3v) is 3.70. The number of alkyl halides is 9. The third kappa shape index (κ3) is 4.48. The number of ether oxygens (including phenoxy) is 1. The lowest BCUT2D eigenvalue weighted by Crippen LogP contribution is -2.48. The van der Waals surface area contributed by atoms with E-state index in [4.69, 9.17) is 4.55 Å². The minimum absolute atomic E-state index is 0.218. The predicted octanol–water partition coefficient (Wildman–Crippen LogP) is 4.89. The van der Waals surface area contributed by atoms with Crippen molar-refractivity contribution in [3.8, 4) is 5.75 Å². The molecule has 0 atom stereocenters. The fourth-order valence-corrected chi connectivity index (χ4v) is 1.90. The maximum absolute atomic E-state index is 13.4. The van der Waals surface area contributed by atoms with E-state index in [0.717, 1.165) is 0 Å². The Bertz CT molecular complexity index is 857. The van der Waals surface area contributed by atoms with Gasteiger partial charge >= 0.3 is 24.1 Å². The molecule has 0 unspecified atom stereocenters. The average molecular weight is 454 g/mol. The topological polar surface area (TPSA) is 63.6 Å². The zero-order chi connectivity index (χ0) is 22.3. The van der Waals surface area contributed by atoms with Gasteiger partial charge in [-0.2, -0.15) is 47.9 Å². The molecule has 28 heavy (non-hydrogen) atoms. The first-order chi connectivity index (χ1) is 12.2. The fourth-order valence-electron chi connectivity index (χ4n) is 1.42. The fraction of sp³-hybridized carbons (Fsp3) is 0.333. The molecule has 1 aromatic carbocycles. The lowest BCUT2D eigenvalue weighted by Gasteiger charge is -2.27. The van der Waals surface area contributed by atoms with Crippen LogP contribution in [0.2, 0.25) is 0 Å². The minimum Gasteiger partial charge on any atom is -0.428 e. The second kappa shape index (κ2) is 7.06. The van der Waals surface area contributed by atoms with Crippen molar-refractivity contribution < 1.29 is 66.0 Å². The van der Waals surface area contributed by atoms with Crippen LogP contribution in [-0.2, 0) is 10.1 Å². The van der Waals surface area contributed by atoms with E-state index in [1.54, 1.807) is 0 Å². The Morgan fingerprint density at radius 2 is 1.18 bits per heavy atom. The number of rotatable bonds is 6. The quantitative estimate of drug-likeness (QED) is 0.492. The van der Waals surface area contributed by atoms with E-state index in [0.29, 0.717) is 12.1 Å². The van der Waals surface area contributed by atoms with Crippen LogP contribution in [0.25, 0.3) is 0 Å². The molecule has 0 aromatic heterocycles. The highest BCUT2D eigenvalue weighted by Gasteiger charge is 2.69. The summed E-state index contributed by atoms with van der Waals surface area (Å²) < 4.78 is 174. The molecule has 0 bridgehead atoms. The van der Waals surface area contributed by atoms with Gasteiger partial charge in [-0.05, 0) is 24.3 Å². The van der Waals surface area contributed by atoms with E-state index in [1.807, 2.05) is 0 Å². The molecule has 0 aliphatic carbocycles. The first-order valence-corrected chi connectivity index (χ1v) is 7.72. The van der Waals surface area contributed by atoms with Crippen molar-refractivity contribution in [3.05, 3.63) is 35.9 Å². The Hall–Kier alpha value is -2.10. The summed E-state index contributed by atoms with van der Waals surface area (Å²) in [6.07, 6.45) is -13.1. The molecule has 0 fully saturated rings. The summed E-state index contributed by atoms with van der Waals surface area (Å²) in [6, 6.07) is 1.11. The van der Waals surface area contributed by atoms with Gasteiger partial charge in [-0.25, -0.2) is 8.78 Å². The monoisotopic (exact) mass is 454 g/mol. The summed E-state index contributed by atoms with van der Waals surface area (Å²) in [5, 5.41) is 0. The summed E-state index contributed by atoms with van der Waals surface area (Å²) in [5.41, 5.74) is 0. The molecule has 0 amide bonds. The molecule has 0 radical (unpaired) electrons. The first-order valence-electron chi connectivity index (χ1n) is 6.28. The molecular weight excluding hydrogens is 449 g/mol. The summed E-state index contributed by atoms with van der Waals surface area (Å²) >= 11 is 0. The SMILES string of the molecule is O=S(=O)(O)c1ccc(OC(F)(F)C(F)(F)/C(F)=C(\F)C(F)(F)C(F)(F)F)cc1. The number of hydrogen-bond acceptors (Lipinski definition) is 3. The van der Waals surface area contributed by atoms with Crippen molar-refractivity contribution in [2.75, 3.05) is 0 Å². The van der Waals surface area contributed by atoms with Crippen LogP contribution in [0.5, 0.6) is 5.75 Å². The zero-order valence-electron chi connectivity index (χ0n) is 12.5. The van der Waals surface area contributed by atoms with Gasteiger partial charge in [0.05, 0.1) is 4.90 Å². The minimum atomic E-state index is -6.91. The number of halogens is 11. The standard InChI is InChI=1S/C12H5F11O4S/c13-7(9(15,16)11(19,20)21)8(14)10(17,18)12(22,23)27-5-1-3-6(4-2-5)28(24,25)26/h1-4H,(H,24,25,26)/b8-7+. The molecule has 1 rings (SSSR count). The first kappa shape index (κ1) is 23.9. The molecule has 0 saturated carbocycles. The van der Waals surface area contributed by atoms with Crippen molar-refractivity contribution in [1.29, 1.82) is 0 Å². The largest absolute Gasteiger partial charge is 0.471 e. The van der Waals surface area contributed by atoms with E-state index in [-0.39, 0.29) is 12.1 Å². The molecule has 0 spiro atoms. The van der Waals surface area contributed by atoms with Crippen LogP contribution in [0.4, 0.5) is 48.3 Å². The Labute approximate surface area is 147 Å². The number of benzene rings is 1. The molecule has 160 valence electrons. The van der Waals surface area contributed by atoms with Gasteiger partial charge in [0.2, 0.25) is 11.7 Å². The summed E-state index contributed by atoms with van der Waals surface area (Å²) in [6.45, 7) is 0. The number of allylic oxidation sites excluding steroid dienone is 1. The van der Waals surface area contributed by atoms with Crippen LogP contribution in [0.1, 0.15) is 0 Å². The molecular formula is C12H5F11O4S. The van der Waals surface area contributed by atoms with E-state index in [9.17, 15) is 56.7 Å². The van der Waals surface area contributed by atoms with Gasteiger partial charge in [0, 0.05) is 0 Å². The van der Waals surface area contributed by atoms with Crippen LogP contribution in [0.3, 0.4) is 0 Å². The molecule has 16 heteroatoms. The molecule has 0 aliphatic heterocycles. The summed E-state index contributed by atoms with van der Waals surface area (Å²) in [7, 11) is -4.84. The van der Waals surface area contributed by atoms with Gasteiger partial charge < -0.3 is 4.74 Å². The highest BCUT2D eigenvalue weighted by molar-refractivity contribution is 7.85. The van der Waals surface area contributed by atoms with Crippen LogP contribution in [0.15, 0.2) is 40.8 Å². The van der Waals surface area contributed by atoms with E-state index >= 15 is 0 Å². The van der Waals surface area contributed by atoms with E-state index < -0.39 is 56.5 Å². The van der Waals surface area contributed by atoms with Crippen molar-refractivity contribution >= 4 is 10.1 Å². The van der Waals surface area contributed by atoms with E-state index in [2.05, 4.69) is 4.74 Å². The Balaban J connectivity index is 3.29. The zero-order valence-corrected chi connectivity index (χ0v) is 13.4. The van der Waals surface area contributed by atoms with Crippen LogP contribution in [-0.4, -0.2) is 37.1 Å². The molecule has 1 N–H and O–H groups in total. The van der Waals surface area contributed by atoms with Crippen molar-refractivity contribution in [2.24, 2.45) is 0 Å². The Morgan fingerprint density at radius 3 is 1.54 bits per heavy atom. The van der Waals surface area contributed by atoms with Crippen molar-refractivity contribution in [1.82, 2.24) is 0 Å². The summed E-state index contributed by atoms with van der Waals surface area (Å²) in [5.74, 6) is -23.8. The van der Waals surface area contributed by atoms with Gasteiger partial charge in [-0.3, -0.25) is 4.55 Å². The second-order valence-electron chi connectivity index (χ2n) is 4.84. The average Bonchev–Trinajstić information content (AvgIpc) is 2.51. The highest BCUT2D eigenvalue weighted by atomic mass is 32.2. The number of hydrogen-bond donors (Lipinski definition) is 1. The van der Waals surface area contributed by atoms with Gasteiger partial charge in [-0.15, -0.1) is 0 Å². The van der Waals surface area contributed by atoms with Gasteiger partial charge in [-0.1, -0.05) is 0 Å². The lowest BCUT2D eigenvalue weighted by molar-refractivity contribution is -0.303. The third-order valence-electron chi connectivity index (χ3n) is 2.83. The van der Waals surface area contributed by atoms with E-state index in [1.165, 1.54) is 0 Å². The van der Waals surface area contributed by atoms with Crippen molar-refractivity contribution in [2.45, 2.75) is 29.0 Å². The molecule has 4 nitrogen and oxygen atoms in total. The van der Waals surface area contributed by atoms with Crippen LogP contribution < -0.4 is 4.74 Å². The molecule has 0 aliphatic rings. The van der Waals surface area contributed by atoms with Gasteiger partial charge in [0.15, 0.2) is 0 Å². The maximum atomic E-state index is 13.4. The van der Waals surface area contributed by atoms with Crippen LogP contribution in [0, 0.1) is 0 Å². The highest BCUT2D eigenvalue weighted by Crippen LogP contribution is 2.49. The second-order valence-corrected chi connectivity index (χ2v) is 6.26. The molecule has 0 saturated heterocycles. The van der Waals surface area contributed by atoms with Crippen molar-refractivity contribution in [3.63, 3.8) is 0 Å². The smallest absolute Gasteiger partial charge is 0.428 e. The maximum Gasteiger partial charge on any atom is 0.471 e. The summed E-state index contributed by atoms with van der Waals surface area (Å²) in [4.78, 5) is -0.933. The Morgan fingerprint density at radius 1 is 0.786 bits per heavy atom. The van der Waals surface area contributed by atoms with Gasteiger partial charge in [0.1, 0.15) is 5.75 Å². The lowest BCUT2D eigenvalue weighted by atomic mass is 10.1. The van der Waals surface area contributed by atoms with Gasteiger partial charge in [0.25, 0.3) is 10.1 Å². The normalized spacial score (nSPS) is 15.3. The Kier molecular flexibility index (Phi) is 6.03. The molecule has 1 aromatic rings. The molecule has 0 heterocycles. The predicted molar refractivity (Wildman–Crippen MR) is 67.0 cm³/mol.